The normalized spacial score (nSPS) is 21.5. The van der Waals surface area contributed by atoms with Crippen molar-refractivity contribution >= 4 is 6.41 Å². The first kappa shape index (κ1) is 8.49. The number of piperazine rings is 1. The Labute approximate surface area is 67.1 Å². The second-order valence-electron chi connectivity index (χ2n) is 2.67. The molecule has 0 aliphatic carbocycles. The van der Waals surface area contributed by atoms with Gasteiger partial charge in [0.1, 0.15) is 0 Å². The van der Waals surface area contributed by atoms with Crippen molar-refractivity contribution < 1.29 is 4.79 Å². The fourth-order valence-electron chi connectivity index (χ4n) is 1.27. The number of rotatable bonds is 3. The first-order chi connectivity index (χ1) is 5.36. The zero-order valence-electron chi connectivity index (χ0n) is 6.92. The standard InChI is InChI=1S/C7H15N3O/c1-2-9-3-5-10(6-4-9)8-7-11/h7H,2-6H2,1H3,(H,8,11). The van der Waals surface area contributed by atoms with Gasteiger partial charge in [-0.25, -0.2) is 5.01 Å². The van der Waals surface area contributed by atoms with E-state index in [0.29, 0.717) is 0 Å². The summed E-state index contributed by atoms with van der Waals surface area (Å²) < 4.78 is 0. The van der Waals surface area contributed by atoms with Crippen molar-refractivity contribution in [2.24, 2.45) is 0 Å². The fourth-order valence-corrected chi connectivity index (χ4v) is 1.27. The predicted octanol–water partition coefficient (Wildman–Crippen LogP) is -0.715. The number of hydrogen-bond acceptors (Lipinski definition) is 3. The molecule has 1 rings (SSSR count). The summed E-state index contributed by atoms with van der Waals surface area (Å²) in [5, 5.41) is 1.94. The Morgan fingerprint density at radius 3 is 2.45 bits per heavy atom. The van der Waals surface area contributed by atoms with Gasteiger partial charge in [-0.1, -0.05) is 6.92 Å². The summed E-state index contributed by atoms with van der Waals surface area (Å²) in [6.07, 6.45) is 0.738. The highest BCUT2D eigenvalue weighted by molar-refractivity contribution is 5.44. The van der Waals surface area contributed by atoms with Gasteiger partial charge in [-0.3, -0.25) is 10.2 Å². The molecule has 4 heteroatoms. The minimum atomic E-state index is 0.738. The molecular formula is C7H15N3O. The van der Waals surface area contributed by atoms with Gasteiger partial charge in [0.15, 0.2) is 0 Å². The minimum absolute atomic E-state index is 0.738. The van der Waals surface area contributed by atoms with Crippen LogP contribution in [0.25, 0.3) is 0 Å². The van der Waals surface area contributed by atoms with Crippen LogP contribution in [0.2, 0.25) is 0 Å². The van der Waals surface area contributed by atoms with Crippen LogP contribution in [0.5, 0.6) is 0 Å². The number of hydrogen-bond donors (Lipinski definition) is 1. The molecule has 1 N–H and O–H groups in total. The Balaban J connectivity index is 2.18. The van der Waals surface area contributed by atoms with E-state index in [1.54, 1.807) is 0 Å². The lowest BCUT2D eigenvalue weighted by molar-refractivity contribution is -0.114. The summed E-state index contributed by atoms with van der Waals surface area (Å²) in [7, 11) is 0. The highest BCUT2D eigenvalue weighted by Crippen LogP contribution is 1.96. The highest BCUT2D eigenvalue weighted by Gasteiger charge is 2.13. The summed E-state index contributed by atoms with van der Waals surface area (Å²) in [5.74, 6) is 0. The zero-order chi connectivity index (χ0) is 8.10. The van der Waals surface area contributed by atoms with Crippen molar-refractivity contribution in [2.45, 2.75) is 6.92 Å². The van der Waals surface area contributed by atoms with Crippen molar-refractivity contribution in [3.05, 3.63) is 0 Å². The van der Waals surface area contributed by atoms with E-state index in [-0.39, 0.29) is 0 Å². The van der Waals surface area contributed by atoms with Crippen LogP contribution in [0.4, 0.5) is 0 Å². The molecule has 1 aliphatic heterocycles. The molecule has 1 amide bonds. The molecule has 0 saturated carbocycles. The molecule has 0 aromatic heterocycles. The molecule has 1 aliphatic rings. The quantitative estimate of drug-likeness (QED) is 0.549. The van der Waals surface area contributed by atoms with Gasteiger partial charge in [-0.05, 0) is 6.54 Å². The third-order valence-corrected chi connectivity index (χ3v) is 2.05. The maximum atomic E-state index is 10.1. The second-order valence-corrected chi connectivity index (χ2v) is 2.67. The average molecular weight is 157 g/mol. The van der Waals surface area contributed by atoms with Crippen LogP contribution in [-0.2, 0) is 4.79 Å². The minimum Gasteiger partial charge on any atom is -0.301 e. The Morgan fingerprint density at radius 1 is 1.36 bits per heavy atom. The van der Waals surface area contributed by atoms with Crippen LogP contribution in [-0.4, -0.2) is 49.0 Å². The van der Waals surface area contributed by atoms with Crippen LogP contribution in [0.1, 0.15) is 6.92 Å². The smallest absolute Gasteiger partial charge is 0.221 e. The van der Waals surface area contributed by atoms with E-state index in [0.717, 1.165) is 39.1 Å². The number of likely N-dealkylation sites (N-methyl/N-ethyl adjacent to an activating group) is 1. The number of nitrogens with zero attached hydrogens (tertiary/aromatic N) is 2. The molecule has 0 radical (unpaired) electrons. The van der Waals surface area contributed by atoms with E-state index in [2.05, 4.69) is 17.2 Å². The molecular weight excluding hydrogens is 142 g/mol. The van der Waals surface area contributed by atoms with Gasteiger partial charge in [0.25, 0.3) is 0 Å². The first-order valence-electron chi connectivity index (χ1n) is 4.04. The fraction of sp³-hybridized carbons (Fsp3) is 0.857. The van der Waals surface area contributed by atoms with Crippen molar-refractivity contribution in [3.8, 4) is 0 Å². The number of carbonyl (C=O) groups excluding carboxylic acids is 1. The highest BCUT2D eigenvalue weighted by atomic mass is 16.1. The van der Waals surface area contributed by atoms with Gasteiger partial charge in [-0.2, -0.15) is 0 Å². The molecule has 0 atom stereocenters. The Kier molecular flexibility index (Phi) is 3.32. The summed E-state index contributed by atoms with van der Waals surface area (Å²) in [6, 6.07) is 0. The van der Waals surface area contributed by atoms with Crippen LogP contribution in [0, 0.1) is 0 Å². The zero-order valence-corrected chi connectivity index (χ0v) is 6.92. The number of carbonyl (C=O) groups is 1. The third-order valence-electron chi connectivity index (χ3n) is 2.05. The number of nitrogens with one attached hydrogen (secondary N) is 1. The summed E-state index contributed by atoms with van der Waals surface area (Å²) >= 11 is 0. The third kappa shape index (κ3) is 2.48. The SMILES string of the molecule is CCN1CCN(NC=O)CC1. The summed E-state index contributed by atoms with van der Waals surface area (Å²) in [6.45, 7) is 7.24. The Hall–Kier alpha value is -0.610. The molecule has 1 fully saturated rings. The van der Waals surface area contributed by atoms with Gasteiger partial charge in [0.05, 0.1) is 0 Å². The molecule has 64 valence electrons. The molecule has 11 heavy (non-hydrogen) atoms. The second kappa shape index (κ2) is 4.31. The summed E-state index contributed by atoms with van der Waals surface area (Å²) in [5.41, 5.74) is 2.66. The van der Waals surface area contributed by atoms with Crippen molar-refractivity contribution in [1.82, 2.24) is 15.3 Å². The number of hydrazine groups is 1. The monoisotopic (exact) mass is 157 g/mol. The van der Waals surface area contributed by atoms with Crippen LogP contribution in [0.3, 0.4) is 0 Å². The lowest BCUT2D eigenvalue weighted by atomic mass is 10.3. The largest absolute Gasteiger partial charge is 0.301 e. The molecule has 0 aromatic rings. The maximum Gasteiger partial charge on any atom is 0.221 e. The van der Waals surface area contributed by atoms with E-state index in [4.69, 9.17) is 0 Å². The van der Waals surface area contributed by atoms with E-state index < -0.39 is 0 Å². The van der Waals surface area contributed by atoms with Gasteiger partial charge in [-0.15, -0.1) is 0 Å². The van der Waals surface area contributed by atoms with Gasteiger partial charge in [0, 0.05) is 26.2 Å². The van der Waals surface area contributed by atoms with Crippen molar-refractivity contribution in [1.29, 1.82) is 0 Å². The van der Waals surface area contributed by atoms with Crippen LogP contribution in [0.15, 0.2) is 0 Å². The first-order valence-corrected chi connectivity index (χ1v) is 4.04. The van der Waals surface area contributed by atoms with E-state index in [1.807, 2.05) is 5.01 Å². The average Bonchev–Trinajstić information content (AvgIpc) is 2.07. The van der Waals surface area contributed by atoms with Gasteiger partial charge < -0.3 is 4.90 Å². The molecule has 1 saturated heterocycles. The van der Waals surface area contributed by atoms with Crippen molar-refractivity contribution in [3.63, 3.8) is 0 Å². The maximum absolute atomic E-state index is 10.1. The molecule has 1 heterocycles. The molecule has 0 bridgehead atoms. The lowest BCUT2D eigenvalue weighted by Gasteiger charge is -2.32. The molecule has 4 nitrogen and oxygen atoms in total. The van der Waals surface area contributed by atoms with Crippen LogP contribution < -0.4 is 5.43 Å². The van der Waals surface area contributed by atoms with Crippen LogP contribution >= 0.6 is 0 Å². The lowest BCUT2D eigenvalue weighted by Crippen LogP contribution is -2.51. The van der Waals surface area contributed by atoms with Gasteiger partial charge in [0.2, 0.25) is 6.41 Å². The topological polar surface area (TPSA) is 35.6 Å². The van der Waals surface area contributed by atoms with E-state index >= 15 is 0 Å². The number of amides is 1. The van der Waals surface area contributed by atoms with E-state index in [9.17, 15) is 4.79 Å². The van der Waals surface area contributed by atoms with E-state index in [1.165, 1.54) is 0 Å². The molecule has 0 spiro atoms. The Bertz CT molecular complexity index is 121. The summed E-state index contributed by atoms with van der Waals surface area (Å²) in [4.78, 5) is 12.4. The van der Waals surface area contributed by atoms with Gasteiger partial charge >= 0.3 is 0 Å². The van der Waals surface area contributed by atoms with Crippen molar-refractivity contribution in [2.75, 3.05) is 32.7 Å². The molecule has 0 aromatic carbocycles. The molecule has 0 unspecified atom stereocenters. The predicted molar refractivity (Wildman–Crippen MR) is 42.9 cm³/mol. The Morgan fingerprint density at radius 2 is 2.00 bits per heavy atom.